The van der Waals surface area contributed by atoms with E-state index in [0.717, 1.165) is 0 Å². The zero-order chi connectivity index (χ0) is 12.1. The molecule has 6 heteroatoms. The zero-order valence-electron chi connectivity index (χ0n) is 8.84. The van der Waals surface area contributed by atoms with Crippen molar-refractivity contribution in [3.05, 3.63) is 23.8 Å². The lowest BCUT2D eigenvalue weighted by Crippen LogP contribution is -2.31. The minimum absolute atomic E-state index is 0.197. The lowest BCUT2D eigenvalue weighted by molar-refractivity contribution is -0.0450. The standard InChI is InChI=1S/C10H12O5S/c1-10(2)7-5-6(16(12,13)14)3-4-8(7)15-9(10)11/h3-5,9,11H,1-2H3,(H,12,13,14). The summed E-state index contributed by atoms with van der Waals surface area (Å²) in [5.41, 5.74) is -0.133. The van der Waals surface area contributed by atoms with Crippen molar-refractivity contribution in [2.24, 2.45) is 0 Å². The minimum atomic E-state index is -4.23. The van der Waals surface area contributed by atoms with Crippen LogP contribution in [-0.4, -0.2) is 24.4 Å². The van der Waals surface area contributed by atoms with Crippen molar-refractivity contribution in [1.29, 1.82) is 0 Å². The summed E-state index contributed by atoms with van der Waals surface area (Å²) in [4.78, 5) is -0.197. The van der Waals surface area contributed by atoms with Crippen LogP contribution >= 0.6 is 0 Å². The van der Waals surface area contributed by atoms with Crippen LogP contribution in [0.4, 0.5) is 0 Å². The Morgan fingerprint density at radius 1 is 1.38 bits per heavy atom. The third kappa shape index (κ3) is 1.59. The monoisotopic (exact) mass is 244 g/mol. The molecule has 0 spiro atoms. The molecule has 88 valence electrons. The van der Waals surface area contributed by atoms with Gasteiger partial charge in [0.2, 0.25) is 6.29 Å². The summed E-state index contributed by atoms with van der Waals surface area (Å²) in [6.07, 6.45) is -1.01. The predicted molar refractivity (Wildman–Crippen MR) is 55.9 cm³/mol. The first-order valence-electron chi connectivity index (χ1n) is 4.69. The van der Waals surface area contributed by atoms with Crippen LogP contribution in [0.15, 0.2) is 23.1 Å². The van der Waals surface area contributed by atoms with E-state index in [-0.39, 0.29) is 4.90 Å². The van der Waals surface area contributed by atoms with E-state index in [2.05, 4.69) is 0 Å². The molecular formula is C10H12O5S. The fraction of sp³-hybridized carbons (Fsp3) is 0.400. The topological polar surface area (TPSA) is 83.8 Å². The Bertz CT molecular complexity index is 532. The van der Waals surface area contributed by atoms with Crippen LogP contribution in [0.1, 0.15) is 19.4 Å². The first-order chi connectivity index (χ1) is 7.23. The van der Waals surface area contributed by atoms with Gasteiger partial charge in [-0.25, -0.2) is 0 Å². The number of hydrogen-bond acceptors (Lipinski definition) is 4. The predicted octanol–water partition coefficient (Wildman–Crippen LogP) is 0.922. The summed E-state index contributed by atoms with van der Waals surface area (Å²) < 4.78 is 36.0. The Morgan fingerprint density at radius 3 is 2.56 bits per heavy atom. The van der Waals surface area contributed by atoms with Crippen molar-refractivity contribution in [2.75, 3.05) is 0 Å². The van der Waals surface area contributed by atoms with Crippen LogP contribution in [0.25, 0.3) is 0 Å². The van der Waals surface area contributed by atoms with E-state index in [4.69, 9.17) is 9.29 Å². The minimum Gasteiger partial charge on any atom is -0.464 e. The summed E-state index contributed by atoms with van der Waals surface area (Å²) in [6.45, 7) is 3.47. The number of benzene rings is 1. The Morgan fingerprint density at radius 2 is 2.00 bits per heavy atom. The molecule has 0 aliphatic carbocycles. The highest BCUT2D eigenvalue weighted by molar-refractivity contribution is 7.85. The van der Waals surface area contributed by atoms with Gasteiger partial charge in [0.05, 0.1) is 10.3 Å². The molecule has 16 heavy (non-hydrogen) atoms. The Kier molecular flexibility index (Phi) is 2.27. The van der Waals surface area contributed by atoms with Crippen LogP contribution in [0, 0.1) is 0 Å². The van der Waals surface area contributed by atoms with Crippen molar-refractivity contribution >= 4 is 10.1 Å². The number of aliphatic hydroxyl groups is 1. The number of ether oxygens (including phenoxy) is 1. The molecule has 1 aromatic carbocycles. The second kappa shape index (κ2) is 3.19. The Balaban J connectivity index is 2.61. The third-order valence-corrected chi connectivity index (χ3v) is 3.65. The molecule has 0 radical (unpaired) electrons. The second-order valence-electron chi connectivity index (χ2n) is 4.32. The molecule has 1 aliphatic heterocycles. The summed E-state index contributed by atoms with van der Waals surface area (Å²) >= 11 is 0. The number of hydrogen-bond donors (Lipinski definition) is 2. The molecule has 0 amide bonds. The van der Waals surface area contributed by atoms with Gasteiger partial charge in [0.15, 0.2) is 0 Å². The van der Waals surface area contributed by atoms with Crippen LogP contribution in [0.5, 0.6) is 5.75 Å². The maximum Gasteiger partial charge on any atom is 0.294 e. The quantitative estimate of drug-likeness (QED) is 0.718. The summed E-state index contributed by atoms with van der Waals surface area (Å²) in [5, 5.41) is 9.64. The second-order valence-corrected chi connectivity index (χ2v) is 5.75. The van der Waals surface area contributed by atoms with Gasteiger partial charge in [0.25, 0.3) is 10.1 Å². The summed E-state index contributed by atoms with van der Waals surface area (Å²) in [7, 11) is -4.23. The maximum absolute atomic E-state index is 11.0. The van der Waals surface area contributed by atoms with E-state index in [1.807, 2.05) is 0 Å². The molecule has 2 N–H and O–H groups in total. The van der Waals surface area contributed by atoms with Gasteiger partial charge in [-0.2, -0.15) is 8.42 Å². The molecule has 0 aromatic heterocycles. The van der Waals surface area contributed by atoms with E-state index in [1.165, 1.54) is 18.2 Å². The van der Waals surface area contributed by atoms with E-state index >= 15 is 0 Å². The number of rotatable bonds is 1. The lowest BCUT2D eigenvalue weighted by Gasteiger charge is -2.20. The smallest absolute Gasteiger partial charge is 0.294 e. The lowest BCUT2D eigenvalue weighted by atomic mass is 9.85. The highest BCUT2D eigenvalue weighted by Crippen LogP contribution is 2.42. The van der Waals surface area contributed by atoms with Crippen LogP contribution in [0.2, 0.25) is 0 Å². The first-order valence-corrected chi connectivity index (χ1v) is 6.13. The van der Waals surface area contributed by atoms with E-state index in [9.17, 15) is 13.5 Å². The molecule has 0 saturated heterocycles. The van der Waals surface area contributed by atoms with Gasteiger partial charge >= 0.3 is 0 Å². The molecule has 0 bridgehead atoms. The van der Waals surface area contributed by atoms with Crippen molar-refractivity contribution in [3.63, 3.8) is 0 Å². The maximum atomic E-state index is 11.0. The molecule has 0 fully saturated rings. The fourth-order valence-corrected chi connectivity index (χ4v) is 2.18. The normalized spacial score (nSPS) is 22.6. The zero-order valence-corrected chi connectivity index (χ0v) is 9.65. The molecule has 1 atom stereocenters. The van der Waals surface area contributed by atoms with E-state index < -0.39 is 21.8 Å². The molecule has 1 unspecified atom stereocenters. The molecule has 5 nitrogen and oxygen atoms in total. The van der Waals surface area contributed by atoms with Gasteiger partial charge in [-0.3, -0.25) is 4.55 Å². The number of aliphatic hydroxyl groups excluding tert-OH is 1. The first kappa shape index (κ1) is 11.4. The third-order valence-electron chi connectivity index (χ3n) is 2.80. The van der Waals surface area contributed by atoms with Crippen LogP contribution in [0.3, 0.4) is 0 Å². The van der Waals surface area contributed by atoms with E-state index in [1.54, 1.807) is 13.8 Å². The molecular weight excluding hydrogens is 232 g/mol. The summed E-state index contributed by atoms with van der Waals surface area (Å²) in [6, 6.07) is 3.99. The van der Waals surface area contributed by atoms with Gasteiger partial charge in [0, 0.05) is 5.56 Å². The van der Waals surface area contributed by atoms with Gasteiger partial charge < -0.3 is 9.84 Å². The molecule has 0 saturated carbocycles. The molecule has 2 rings (SSSR count). The SMILES string of the molecule is CC1(C)c2cc(S(=O)(=O)O)ccc2OC1O. The van der Waals surface area contributed by atoms with Gasteiger partial charge in [-0.05, 0) is 32.0 Å². The van der Waals surface area contributed by atoms with Crippen LogP contribution in [-0.2, 0) is 15.5 Å². The number of fused-ring (bicyclic) bond motifs is 1. The van der Waals surface area contributed by atoms with Crippen molar-refractivity contribution in [2.45, 2.75) is 30.4 Å². The van der Waals surface area contributed by atoms with Crippen molar-refractivity contribution in [1.82, 2.24) is 0 Å². The van der Waals surface area contributed by atoms with Crippen molar-refractivity contribution in [3.8, 4) is 5.75 Å². The Hall–Kier alpha value is -1.11. The van der Waals surface area contributed by atoms with Gasteiger partial charge in [0.1, 0.15) is 5.75 Å². The van der Waals surface area contributed by atoms with Gasteiger partial charge in [-0.1, -0.05) is 0 Å². The average Bonchev–Trinajstić information content (AvgIpc) is 2.37. The summed E-state index contributed by atoms with van der Waals surface area (Å²) in [5.74, 6) is 0.435. The van der Waals surface area contributed by atoms with Crippen molar-refractivity contribution < 1.29 is 22.8 Å². The fourth-order valence-electron chi connectivity index (χ4n) is 1.68. The average molecular weight is 244 g/mol. The van der Waals surface area contributed by atoms with Gasteiger partial charge in [-0.15, -0.1) is 0 Å². The Labute approximate surface area is 93.4 Å². The molecule has 1 heterocycles. The van der Waals surface area contributed by atoms with Crippen LogP contribution < -0.4 is 4.74 Å². The molecule has 1 aromatic rings. The largest absolute Gasteiger partial charge is 0.464 e. The molecule has 1 aliphatic rings. The highest BCUT2D eigenvalue weighted by Gasteiger charge is 2.41. The highest BCUT2D eigenvalue weighted by atomic mass is 32.2. The van der Waals surface area contributed by atoms with E-state index in [0.29, 0.717) is 11.3 Å².